The van der Waals surface area contributed by atoms with E-state index in [2.05, 4.69) is 5.32 Å². The summed E-state index contributed by atoms with van der Waals surface area (Å²) >= 11 is 0. The molecule has 0 unspecified atom stereocenters. The molecule has 4 heteroatoms. The first kappa shape index (κ1) is 11.7. The van der Waals surface area contributed by atoms with Gasteiger partial charge in [-0.3, -0.25) is 4.79 Å². The molecule has 0 radical (unpaired) electrons. The van der Waals surface area contributed by atoms with Gasteiger partial charge in [-0.2, -0.15) is 0 Å². The molecule has 0 heterocycles. The molecule has 0 aromatic carbocycles. The van der Waals surface area contributed by atoms with Gasteiger partial charge < -0.3 is 26.8 Å². The van der Waals surface area contributed by atoms with Crippen LogP contribution in [0.1, 0.15) is 0 Å². The van der Waals surface area contributed by atoms with E-state index in [9.17, 15) is 4.79 Å². The number of amides is 1. The minimum absolute atomic E-state index is 0. The number of rotatable bonds is 3. The summed E-state index contributed by atoms with van der Waals surface area (Å²) in [7, 11) is 6.03. The normalized spacial score (nSPS) is 9.67. The monoisotopic (exact) mass is 196 g/mol. The number of carbonyl (C=O) groups excluding carboxylic acids is 1. The maximum atomic E-state index is 9.73. The van der Waals surface area contributed by atoms with E-state index < -0.39 is 0 Å². The van der Waals surface area contributed by atoms with Crippen molar-refractivity contribution in [2.24, 2.45) is 0 Å². The average molecular weight is 197 g/mol. The molecule has 56 valence electrons. The number of hydrogen-bond acceptors (Lipinski definition) is 1. The van der Waals surface area contributed by atoms with Crippen LogP contribution in [-0.2, 0) is 4.79 Å². The topological polar surface area (TPSA) is 29.1 Å². The third-order valence-electron chi connectivity index (χ3n) is 0.649. The predicted molar refractivity (Wildman–Crippen MR) is 32.1 cm³/mol. The second kappa shape index (κ2) is 4.76. The van der Waals surface area contributed by atoms with Gasteiger partial charge in [-0.15, -0.1) is 0 Å². The number of hydrogen-bond donors (Lipinski definition) is 1. The number of nitrogens with one attached hydrogen (secondary N) is 1. The molecule has 0 fully saturated rings. The van der Waals surface area contributed by atoms with Crippen molar-refractivity contribution in [3.05, 3.63) is 0 Å². The molecular weight excluding hydrogens is 184 g/mol. The molecule has 0 atom stereocenters. The highest BCUT2D eigenvalue weighted by Crippen LogP contribution is 1.81. The van der Waals surface area contributed by atoms with Gasteiger partial charge in [0.25, 0.3) is 0 Å². The summed E-state index contributed by atoms with van der Waals surface area (Å²) in [6, 6.07) is 0. The zero-order valence-electron chi connectivity index (χ0n) is 6.02. The van der Waals surface area contributed by atoms with Gasteiger partial charge in [-0.1, -0.05) is 0 Å². The fraction of sp³-hybridized carbons (Fsp3) is 0.800. The molecule has 0 aliphatic carbocycles. The highest BCUT2D eigenvalue weighted by Gasteiger charge is 2.02. The first-order valence-corrected chi connectivity index (χ1v) is 2.54. The van der Waals surface area contributed by atoms with Crippen LogP contribution in [0.15, 0.2) is 0 Å². The first-order chi connectivity index (χ1) is 3.56. The molecule has 0 spiro atoms. The van der Waals surface area contributed by atoms with E-state index in [0.29, 0.717) is 13.1 Å². The number of nitrogens with zero attached hydrogens (tertiary/aromatic N) is 1. The highest BCUT2D eigenvalue weighted by molar-refractivity contribution is 5.45. The van der Waals surface area contributed by atoms with E-state index >= 15 is 0 Å². The summed E-state index contributed by atoms with van der Waals surface area (Å²) in [6.07, 6.45) is 0.712. The van der Waals surface area contributed by atoms with Crippen LogP contribution in [0.2, 0.25) is 0 Å². The summed E-state index contributed by atoms with van der Waals surface area (Å²) in [5, 5.41) is 2.58. The smallest absolute Gasteiger partial charge is 0.211 e. The number of carbonyl (C=O) groups is 1. The van der Waals surface area contributed by atoms with Crippen molar-refractivity contribution in [3.63, 3.8) is 0 Å². The predicted octanol–water partition coefficient (Wildman–Crippen LogP) is -3.60. The van der Waals surface area contributed by atoms with Crippen LogP contribution in [0.25, 0.3) is 0 Å². The standard InChI is InChI=1S/C5H12N2O.BrH/c1-7(2,3)4-6-5-8;/h5H,4H2,1-3H3;1H. The summed E-state index contributed by atoms with van der Waals surface area (Å²) in [5.41, 5.74) is 0. The van der Waals surface area contributed by atoms with E-state index in [-0.39, 0.29) is 17.0 Å². The summed E-state index contributed by atoms with van der Waals surface area (Å²) in [5.74, 6) is 0. The fourth-order valence-corrected chi connectivity index (χ4v) is 0.311. The Morgan fingerprint density at radius 3 is 2.00 bits per heavy atom. The Labute approximate surface area is 66.4 Å². The van der Waals surface area contributed by atoms with Crippen LogP contribution in [0.5, 0.6) is 0 Å². The summed E-state index contributed by atoms with van der Waals surface area (Å²) in [6.45, 7) is 0.684. The van der Waals surface area contributed by atoms with Crippen molar-refractivity contribution in [1.82, 2.24) is 5.32 Å². The van der Waals surface area contributed by atoms with Gasteiger partial charge in [0.2, 0.25) is 6.41 Å². The second-order valence-corrected chi connectivity index (χ2v) is 2.77. The number of halogens is 1. The van der Waals surface area contributed by atoms with Crippen molar-refractivity contribution < 1.29 is 26.3 Å². The van der Waals surface area contributed by atoms with E-state index in [1.165, 1.54) is 0 Å². The van der Waals surface area contributed by atoms with Crippen molar-refractivity contribution in [2.45, 2.75) is 0 Å². The van der Waals surface area contributed by atoms with Crippen LogP contribution >= 0.6 is 0 Å². The van der Waals surface area contributed by atoms with Gasteiger partial charge in [-0.25, -0.2) is 0 Å². The van der Waals surface area contributed by atoms with Crippen LogP contribution in [0, 0.1) is 0 Å². The molecule has 0 aliphatic heterocycles. The molecule has 1 amide bonds. The minimum Gasteiger partial charge on any atom is -1.00 e. The zero-order chi connectivity index (χ0) is 6.62. The lowest BCUT2D eigenvalue weighted by molar-refractivity contribution is -0.872. The van der Waals surface area contributed by atoms with Crippen molar-refractivity contribution in [2.75, 3.05) is 27.8 Å². The quantitative estimate of drug-likeness (QED) is 0.283. The molecular formula is C5H13BrN2O. The van der Waals surface area contributed by atoms with Gasteiger partial charge >= 0.3 is 0 Å². The molecule has 0 saturated carbocycles. The second-order valence-electron chi connectivity index (χ2n) is 2.77. The average Bonchev–Trinajstić information content (AvgIpc) is 1.59. The molecule has 0 rings (SSSR count). The van der Waals surface area contributed by atoms with Gasteiger partial charge in [0.1, 0.15) is 0 Å². The van der Waals surface area contributed by atoms with E-state index in [0.717, 1.165) is 4.48 Å². The largest absolute Gasteiger partial charge is 1.00 e. The number of quaternary nitrogens is 1. The third kappa shape index (κ3) is 11.5. The SMILES string of the molecule is C[N+](C)(C)CNC=O.[Br-]. The third-order valence-corrected chi connectivity index (χ3v) is 0.649. The molecule has 0 saturated heterocycles. The maximum absolute atomic E-state index is 9.73. The molecule has 0 aromatic heterocycles. The minimum atomic E-state index is 0. The van der Waals surface area contributed by atoms with Crippen molar-refractivity contribution >= 4 is 6.41 Å². The molecule has 1 N–H and O–H groups in total. The Kier molecular flexibility index (Phi) is 6.17. The summed E-state index contributed by atoms with van der Waals surface area (Å²) < 4.78 is 0.763. The summed E-state index contributed by atoms with van der Waals surface area (Å²) in [4.78, 5) is 9.73. The van der Waals surface area contributed by atoms with Gasteiger partial charge in [-0.05, 0) is 0 Å². The van der Waals surface area contributed by atoms with Crippen LogP contribution in [-0.4, -0.2) is 38.7 Å². The Balaban J connectivity index is 0. The maximum Gasteiger partial charge on any atom is 0.211 e. The van der Waals surface area contributed by atoms with Gasteiger partial charge in [0.05, 0.1) is 21.1 Å². The Morgan fingerprint density at radius 2 is 1.89 bits per heavy atom. The molecule has 0 aromatic rings. The van der Waals surface area contributed by atoms with E-state index in [1.54, 1.807) is 0 Å². The van der Waals surface area contributed by atoms with Crippen LogP contribution in [0.4, 0.5) is 0 Å². The molecule has 0 bridgehead atoms. The Bertz CT molecular complexity index is 79.5. The fourth-order valence-electron chi connectivity index (χ4n) is 0.311. The van der Waals surface area contributed by atoms with Crippen molar-refractivity contribution in [1.29, 1.82) is 0 Å². The van der Waals surface area contributed by atoms with Gasteiger partial charge in [0.15, 0.2) is 6.67 Å². The van der Waals surface area contributed by atoms with Crippen molar-refractivity contribution in [3.8, 4) is 0 Å². The molecule has 9 heavy (non-hydrogen) atoms. The Morgan fingerprint density at radius 1 is 1.44 bits per heavy atom. The lowest BCUT2D eigenvalue weighted by Crippen LogP contribution is -3.00. The van der Waals surface area contributed by atoms with E-state index in [4.69, 9.17) is 0 Å². The molecule has 3 nitrogen and oxygen atoms in total. The molecule has 0 aliphatic rings. The van der Waals surface area contributed by atoms with Gasteiger partial charge in [0, 0.05) is 0 Å². The highest BCUT2D eigenvalue weighted by atomic mass is 79.9. The van der Waals surface area contributed by atoms with E-state index in [1.807, 2.05) is 21.1 Å². The zero-order valence-corrected chi connectivity index (χ0v) is 7.60. The van der Waals surface area contributed by atoms with Crippen LogP contribution in [0.3, 0.4) is 0 Å². The first-order valence-electron chi connectivity index (χ1n) is 2.54. The lowest BCUT2D eigenvalue weighted by Gasteiger charge is -2.22. The Hall–Kier alpha value is -0.0900. The van der Waals surface area contributed by atoms with Crippen LogP contribution < -0.4 is 22.3 Å². The lowest BCUT2D eigenvalue weighted by atomic mass is 10.7.